The lowest BCUT2D eigenvalue weighted by atomic mass is 10.1. The maximum absolute atomic E-state index is 14.2. The monoisotopic (exact) mass is 1600 g/mol. The molecule has 12 rings (SSSR count). The van der Waals surface area contributed by atoms with E-state index in [4.69, 9.17) is 14.2 Å². The lowest BCUT2D eigenvalue weighted by Gasteiger charge is -2.28. The highest BCUT2D eigenvalue weighted by Gasteiger charge is 2.33. The van der Waals surface area contributed by atoms with E-state index in [1.807, 2.05) is 0 Å². The Labute approximate surface area is 606 Å². The van der Waals surface area contributed by atoms with Gasteiger partial charge in [0.05, 0.1) is 135 Å². The average Bonchev–Trinajstić information content (AvgIpc) is 0.857. The number of carbonyl (C=O) groups is 3. The highest BCUT2D eigenvalue weighted by Crippen LogP contribution is 2.36. The van der Waals surface area contributed by atoms with E-state index in [2.05, 4.69) is 109 Å². The summed E-state index contributed by atoms with van der Waals surface area (Å²) in [6, 6.07) is 18.7. The van der Waals surface area contributed by atoms with Crippen LogP contribution in [0.3, 0.4) is 0 Å². The Bertz CT molecular complexity index is 4370. The van der Waals surface area contributed by atoms with E-state index >= 15 is 0 Å². The van der Waals surface area contributed by atoms with Crippen LogP contribution in [-0.2, 0) is 52.4 Å². The molecule has 3 aromatic carbocycles. The molecular formula is C67H60Br2F12N18O6. The van der Waals surface area contributed by atoms with Crippen LogP contribution in [0.15, 0.2) is 137 Å². The fourth-order valence-electron chi connectivity index (χ4n) is 10.1. The number of aromatic nitrogens is 9. The molecule has 3 fully saturated rings. The van der Waals surface area contributed by atoms with Crippen molar-refractivity contribution in [3.63, 3.8) is 0 Å². The number of hydrogen-bond acceptors (Lipinski definition) is 21. The maximum Gasteiger partial charge on any atom is 0.416 e. The number of carbonyl (C=O) groups excluding carboxylic acids is 3. The highest BCUT2D eigenvalue weighted by molar-refractivity contribution is 9.11. The number of amides is 3. The summed E-state index contributed by atoms with van der Waals surface area (Å²) in [7, 11) is 0. The van der Waals surface area contributed by atoms with Crippen molar-refractivity contribution < 1.29 is 81.3 Å². The second kappa shape index (κ2) is 34.9. The summed E-state index contributed by atoms with van der Waals surface area (Å²) in [6.07, 6.45) is -6.18. The molecule has 9 aromatic rings. The van der Waals surface area contributed by atoms with Crippen LogP contribution in [0.4, 0.5) is 104 Å². The van der Waals surface area contributed by atoms with E-state index in [0.29, 0.717) is 110 Å². The Morgan fingerprint density at radius 2 is 0.781 bits per heavy atom. The van der Waals surface area contributed by atoms with Gasteiger partial charge in [0, 0.05) is 60.8 Å². The number of rotatable bonds is 18. The number of aryl methyl sites for hydroxylation is 1. The number of pyridine rings is 3. The van der Waals surface area contributed by atoms with Gasteiger partial charge in [-0.3, -0.25) is 14.4 Å². The third-order valence-electron chi connectivity index (χ3n) is 15.4. The number of alkyl halides is 9. The molecule has 552 valence electrons. The molecule has 9 heterocycles. The van der Waals surface area contributed by atoms with Crippen molar-refractivity contribution in [1.82, 2.24) is 60.8 Å². The first-order chi connectivity index (χ1) is 50.1. The van der Waals surface area contributed by atoms with Crippen LogP contribution >= 0.6 is 31.9 Å². The van der Waals surface area contributed by atoms with Crippen molar-refractivity contribution in [2.75, 3.05) is 110 Å². The van der Waals surface area contributed by atoms with Gasteiger partial charge in [-0.15, -0.1) is 0 Å². The van der Waals surface area contributed by atoms with Gasteiger partial charge in [0.1, 0.15) is 34.6 Å². The first-order valence-corrected chi connectivity index (χ1v) is 33.2. The van der Waals surface area contributed by atoms with Gasteiger partial charge in [0.25, 0.3) is 17.7 Å². The molecule has 0 radical (unpaired) electrons. The van der Waals surface area contributed by atoms with Gasteiger partial charge in [0.15, 0.2) is 34.9 Å². The molecule has 0 aliphatic carbocycles. The number of halogens is 14. The van der Waals surface area contributed by atoms with Crippen molar-refractivity contribution in [2.24, 2.45) is 0 Å². The van der Waals surface area contributed by atoms with Crippen LogP contribution in [-0.4, -0.2) is 141 Å². The molecule has 6 N–H and O–H groups in total. The molecule has 6 aromatic heterocycles. The van der Waals surface area contributed by atoms with Gasteiger partial charge < -0.3 is 60.8 Å². The predicted octanol–water partition coefficient (Wildman–Crippen LogP) is 12.5. The molecule has 3 saturated heterocycles. The Morgan fingerprint density at radius 1 is 0.419 bits per heavy atom. The maximum atomic E-state index is 14.2. The molecular weight excluding hydrogens is 1540 g/mol. The number of hydrogen-bond donors (Lipinski definition) is 6. The Hall–Kier alpha value is -10.4. The van der Waals surface area contributed by atoms with Gasteiger partial charge in [-0.1, -0.05) is 18.2 Å². The second-order valence-electron chi connectivity index (χ2n) is 22.8. The summed E-state index contributed by atoms with van der Waals surface area (Å²) in [5.41, 5.74) is 0.350. The number of nitrogens with zero attached hydrogens (tertiary/aromatic N) is 12. The molecule has 0 atom stereocenters. The topological polar surface area (TPSA) is 277 Å². The smallest absolute Gasteiger partial charge is 0.378 e. The van der Waals surface area contributed by atoms with Crippen molar-refractivity contribution >= 4 is 101 Å². The largest absolute Gasteiger partial charge is 0.416 e. The van der Waals surface area contributed by atoms with Crippen LogP contribution in [0.25, 0.3) is 0 Å². The highest BCUT2D eigenvalue weighted by atomic mass is 79.9. The van der Waals surface area contributed by atoms with E-state index in [1.165, 1.54) is 73.2 Å². The molecule has 0 bridgehead atoms. The number of nitrogens with one attached hydrogen (secondary N) is 6. The van der Waals surface area contributed by atoms with Crippen molar-refractivity contribution in [3.8, 4) is 0 Å². The standard InChI is InChI=1S/C23H22F4N6O2.2C22H19BrF4N6O2/c1-14-9-18(28-12-19(14)31-16-4-2-3-15(10-16)23(25,26)27)22(34)30-13-20-29-11-17(24)21(32-20)33-5-7-35-8-6-33;23-15-9-17(28-11-18(15)31-14-3-1-2-13(8-14)22(25,26)27)21(34)30-12-19-29-10-16(24)20(32-19)33-4-6-35-7-5-33;23-16-9-15(31-14-3-1-2-13(8-14)22(25,26)27)10-29-19(16)21(34)30-12-18-28-11-17(24)20(32-18)33-4-6-35-7-5-33/h2-4,9-12,31H,5-8,13H2,1H3,(H,30,34);2*1-3,8-11,31H,4-7,12H2,(H,30,34). The predicted molar refractivity (Wildman–Crippen MR) is 366 cm³/mol. The van der Waals surface area contributed by atoms with E-state index in [0.717, 1.165) is 55.0 Å². The minimum Gasteiger partial charge on any atom is -0.378 e. The third kappa shape index (κ3) is 21.6. The molecule has 105 heavy (non-hydrogen) atoms. The Kier molecular flexibility index (Phi) is 25.6. The van der Waals surface area contributed by atoms with E-state index in [-0.39, 0.29) is 88.7 Å². The molecule has 24 nitrogen and oxygen atoms in total. The minimum absolute atomic E-state index is 0.0403. The van der Waals surface area contributed by atoms with Gasteiger partial charge in [0.2, 0.25) is 0 Å². The summed E-state index contributed by atoms with van der Waals surface area (Å²) >= 11 is 6.57. The van der Waals surface area contributed by atoms with Gasteiger partial charge in [-0.25, -0.2) is 58.0 Å². The quantitative estimate of drug-likeness (QED) is 0.0436. The fraction of sp³-hybridized carbons (Fsp3) is 0.284. The van der Waals surface area contributed by atoms with E-state index < -0.39 is 70.4 Å². The molecule has 0 spiro atoms. The van der Waals surface area contributed by atoms with Crippen molar-refractivity contribution in [3.05, 3.63) is 211 Å². The number of anilines is 9. The zero-order valence-electron chi connectivity index (χ0n) is 54.8. The lowest BCUT2D eigenvalue weighted by Crippen LogP contribution is -2.37. The van der Waals surface area contributed by atoms with Gasteiger partial charge in [-0.2, -0.15) is 39.5 Å². The summed E-state index contributed by atoms with van der Waals surface area (Å²) < 4.78 is 175. The molecule has 0 unspecified atom stereocenters. The Morgan fingerprint density at radius 3 is 1.15 bits per heavy atom. The normalized spacial score (nSPS) is 14.0. The minimum atomic E-state index is -4.47. The summed E-state index contributed by atoms with van der Waals surface area (Å²) in [6.45, 7) is 7.35. The van der Waals surface area contributed by atoms with Crippen LogP contribution in [0.1, 0.15) is 71.2 Å². The first-order valence-electron chi connectivity index (χ1n) is 31.6. The van der Waals surface area contributed by atoms with E-state index in [9.17, 15) is 67.1 Å². The van der Waals surface area contributed by atoms with Crippen LogP contribution in [0.5, 0.6) is 0 Å². The van der Waals surface area contributed by atoms with Gasteiger partial charge >= 0.3 is 18.5 Å². The van der Waals surface area contributed by atoms with Crippen molar-refractivity contribution in [1.29, 1.82) is 0 Å². The van der Waals surface area contributed by atoms with Crippen LogP contribution < -0.4 is 46.6 Å². The number of morpholine rings is 3. The second-order valence-corrected chi connectivity index (χ2v) is 24.5. The van der Waals surface area contributed by atoms with Crippen LogP contribution in [0.2, 0.25) is 0 Å². The molecule has 3 aliphatic rings. The number of benzene rings is 3. The summed E-state index contributed by atoms with van der Waals surface area (Å²) in [4.78, 5) is 79.7. The molecule has 3 aliphatic heterocycles. The van der Waals surface area contributed by atoms with Gasteiger partial charge in [-0.05, 0) is 117 Å². The molecule has 38 heteroatoms. The Balaban J connectivity index is 0.000000169. The fourth-order valence-corrected chi connectivity index (χ4v) is 11.0. The average molecular weight is 1600 g/mol. The van der Waals surface area contributed by atoms with Crippen LogP contribution in [0, 0.1) is 24.4 Å². The lowest BCUT2D eigenvalue weighted by molar-refractivity contribution is -0.138. The summed E-state index contributed by atoms with van der Waals surface area (Å²) in [5.74, 6) is -2.10. The SMILES string of the molecule is Cc1cc(C(=O)NCc2ncc(F)c(N3CCOCC3)n2)ncc1Nc1cccc(C(F)(F)F)c1.O=C(NCc1ncc(F)c(N2CCOCC2)n1)c1cc(Br)c(Nc2cccc(C(F)(F)F)c2)cn1.O=C(NCc1ncc(F)c(N2CCOCC2)n1)c1ncc(Nc2cccc(C(F)(F)F)c2)cc1Br. The zero-order valence-corrected chi connectivity index (χ0v) is 58.0. The third-order valence-corrected chi connectivity index (χ3v) is 16.6. The zero-order chi connectivity index (χ0) is 75.0. The molecule has 3 amide bonds. The number of ether oxygens (including phenoxy) is 3. The first kappa shape index (κ1) is 77.2. The molecule has 0 saturated carbocycles. The van der Waals surface area contributed by atoms with E-state index in [1.54, 1.807) is 21.6 Å². The van der Waals surface area contributed by atoms with Crippen molar-refractivity contribution in [2.45, 2.75) is 45.1 Å². The summed E-state index contributed by atoms with van der Waals surface area (Å²) in [5, 5.41) is 16.5.